The fourth-order valence-electron chi connectivity index (χ4n) is 4.30. The van der Waals surface area contributed by atoms with Crippen molar-refractivity contribution in [2.75, 3.05) is 49.5 Å². The minimum absolute atomic E-state index is 0.0160. The predicted octanol–water partition coefficient (Wildman–Crippen LogP) is 4.26. The average Bonchev–Trinajstić information content (AvgIpc) is 2.77. The number of likely N-dealkylation sites (tertiary alicyclic amines) is 1. The Labute approximate surface area is 212 Å². The fourth-order valence-corrected chi connectivity index (χ4v) is 5.02. The van der Waals surface area contributed by atoms with Crippen LogP contribution in [0.15, 0.2) is 24.4 Å². The first-order valence-electron chi connectivity index (χ1n) is 10.8. The second-order valence-corrected chi connectivity index (χ2v) is 10.1. The van der Waals surface area contributed by atoms with Crippen molar-refractivity contribution in [2.45, 2.75) is 19.9 Å². The first kappa shape index (κ1) is 24.6. The Bertz CT molecular complexity index is 1100. The van der Waals surface area contributed by atoms with E-state index in [1.807, 2.05) is 24.8 Å². The Morgan fingerprint density at radius 2 is 1.76 bits per heavy atom. The normalized spacial score (nSPS) is 18.3. The monoisotopic (exact) mass is 526 g/mol. The van der Waals surface area contributed by atoms with Crippen molar-refractivity contribution in [3.8, 4) is 0 Å². The van der Waals surface area contributed by atoms with Crippen LogP contribution < -0.4 is 10.2 Å². The molecular formula is C22H25Cl3N6O3. The van der Waals surface area contributed by atoms with Crippen LogP contribution in [0.5, 0.6) is 0 Å². The number of nitrogens with zero attached hydrogens (tertiary/aromatic N) is 5. The summed E-state index contributed by atoms with van der Waals surface area (Å²) in [4.78, 5) is 38.0. The van der Waals surface area contributed by atoms with E-state index in [0.29, 0.717) is 53.0 Å². The van der Waals surface area contributed by atoms with Crippen molar-refractivity contribution < 1.29 is 14.7 Å². The molecule has 12 heteroatoms. The van der Waals surface area contributed by atoms with Gasteiger partial charge in [0.2, 0.25) is 11.9 Å². The van der Waals surface area contributed by atoms with Gasteiger partial charge in [0.05, 0.1) is 17.7 Å². The fraction of sp³-hybridized carbons (Fsp3) is 0.455. The molecule has 3 heterocycles. The summed E-state index contributed by atoms with van der Waals surface area (Å²) in [6, 6.07) is 5.14. The van der Waals surface area contributed by atoms with Crippen molar-refractivity contribution >= 4 is 58.6 Å². The number of piperazine rings is 1. The van der Waals surface area contributed by atoms with Crippen molar-refractivity contribution in [3.05, 3.63) is 45.0 Å². The van der Waals surface area contributed by atoms with Crippen LogP contribution in [0.1, 0.15) is 25.5 Å². The van der Waals surface area contributed by atoms with Crippen LogP contribution in [0.2, 0.25) is 15.1 Å². The maximum absolute atomic E-state index is 12.9. The quantitative estimate of drug-likeness (QED) is 0.599. The third-order valence-electron chi connectivity index (χ3n) is 6.23. The number of carbonyl (C=O) groups is 2. The molecule has 0 saturated carbocycles. The van der Waals surface area contributed by atoms with Gasteiger partial charge in [-0.3, -0.25) is 4.79 Å². The maximum Gasteiger partial charge on any atom is 0.407 e. The molecule has 34 heavy (non-hydrogen) atoms. The van der Waals surface area contributed by atoms with Gasteiger partial charge in [0.25, 0.3) is 0 Å². The summed E-state index contributed by atoms with van der Waals surface area (Å²) in [5.74, 6) is 0.984. The SMILES string of the molecule is CC(Nc1nc(N2CCN(C(=O)C3(C)CN(C(=O)O)C3)CC2)ncc1Cl)c1ccc(Cl)cc1Cl. The molecule has 2 saturated heterocycles. The molecule has 2 aliphatic heterocycles. The van der Waals surface area contributed by atoms with Gasteiger partial charge in [0.1, 0.15) is 5.02 Å². The van der Waals surface area contributed by atoms with E-state index < -0.39 is 11.5 Å². The van der Waals surface area contributed by atoms with Crippen molar-refractivity contribution in [1.82, 2.24) is 19.8 Å². The summed E-state index contributed by atoms with van der Waals surface area (Å²) < 4.78 is 0. The van der Waals surface area contributed by atoms with Gasteiger partial charge < -0.3 is 25.1 Å². The van der Waals surface area contributed by atoms with Gasteiger partial charge in [0, 0.05) is 49.3 Å². The molecule has 1 unspecified atom stereocenters. The van der Waals surface area contributed by atoms with Gasteiger partial charge in [-0.05, 0) is 31.5 Å². The molecule has 2 amide bonds. The van der Waals surface area contributed by atoms with Gasteiger partial charge in [-0.1, -0.05) is 40.9 Å². The number of hydrogen-bond donors (Lipinski definition) is 2. The zero-order valence-electron chi connectivity index (χ0n) is 18.8. The summed E-state index contributed by atoms with van der Waals surface area (Å²) in [6.45, 7) is 6.35. The molecule has 1 atom stereocenters. The number of hydrogen-bond acceptors (Lipinski definition) is 6. The number of anilines is 2. The van der Waals surface area contributed by atoms with Gasteiger partial charge in [0.15, 0.2) is 5.82 Å². The molecule has 4 rings (SSSR count). The van der Waals surface area contributed by atoms with Crippen LogP contribution in [0, 0.1) is 5.41 Å². The van der Waals surface area contributed by atoms with Crippen LogP contribution >= 0.6 is 34.8 Å². The molecule has 0 aliphatic carbocycles. The lowest BCUT2D eigenvalue weighted by atomic mass is 9.80. The lowest BCUT2D eigenvalue weighted by Gasteiger charge is -2.48. The van der Waals surface area contributed by atoms with E-state index in [0.717, 1.165) is 5.56 Å². The molecule has 0 radical (unpaired) electrons. The van der Waals surface area contributed by atoms with Gasteiger partial charge >= 0.3 is 6.09 Å². The number of aromatic nitrogens is 2. The highest BCUT2D eigenvalue weighted by atomic mass is 35.5. The molecule has 0 bridgehead atoms. The minimum Gasteiger partial charge on any atom is -0.465 e. The smallest absolute Gasteiger partial charge is 0.407 e. The van der Waals surface area contributed by atoms with E-state index in [-0.39, 0.29) is 25.0 Å². The summed E-state index contributed by atoms with van der Waals surface area (Å²) in [5.41, 5.74) is 0.202. The zero-order chi connectivity index (χ0) is 24.6. The first-order chi connectivity index (χ1) is 16.1. The predicted molar refractivity (Wildman–Crippen MR) is 132 cm³/mol. The summed E-state index contributed by atoms with van der Waals surface area (Å²) in [7, 11) is 0. The standard InChI is InChI=1S/C22H25Cl3N6O3/c1-13(15-4-3-14(23)9-16(15)24)27-18-17(25)10-26-20(28-18)30-7-5-29(6-8-30)19(32)22(2)11-31(12-22)21(33)34/h3-4,9-10,13H,5-8,11-12H2,1-2H3,(H,33,34)(H,26,27,28). The molecule has 2 aliphatic rings. The number of carbonyl (C=O) groups excluding carboxylic acids is 1. The van der Waals surface area contributed by atoms with E-state index >= 15 is 0 Å². The third kappa shape index (κ3) is 4.96. The maximum atomic E-state index is 12.9. The molecule has 2 fully saturated rings. The highest BCUT2D eigenvalue weighted by Crippen LogP contribution is 2.33. The van der Waals surface area contributed by atoms with Crippen LogP contribution in [0.4, 0.5) is 16.6 Å². The van der Waals surface area contributed by atoms with Crippen molar-refractivity contribution in [3.63, 3.8) is 0 Å². The molecule has 1 aromatic heterocycles. The molecule has 182 valence electrons. The lowest BCUT2D eigenvalue weighted by molar-refractivity contribution is -0.149. The second-order valence-electron chi connectivity index (χ2n) is 8.88. The van der Waals surface area contributed by atoms with Gasteiger partial charge in [-0.2, -0.15) is 4.98 Å². The largest absolute Gasteiger partial charge is 0.465 e. The number of nitrogens with one attached hydrogen (secondary N) is 1. The van der Waals surface area contributed by atoms with Crippen LogP contribution in [-0.4, -0.2) is 76.1 Å². The highest BCUT2D eigenvalue weighted by molar-refractivity contribution is 6.35. The number of amides is 2. The summed E-state index contributed by atoms with van der Waals surface area (Å²) >= 11 is 18.7. The minimum atomic E-state index is -0.993. The molecule has 2 N–H and O–H groups in total. The van der Waals surface area contributed by atoms with E-state index in [9.17, 15) is 9.59 Å². The van der Waals surface area contributed by atoms with E-state index in [4.69, 9.17) is 39.9 Å². The molecular weight excluding hydrogens is 503 g/mol. The molecule has 2 aromatic rings. The van der Waals surface area contributed by atoms with Gasteiger partial charge in [-0.15, -0.1) is 0 Å². The van der Waals surface area contributed by atoms with Crippen LogP contribution in [-0.2, 0) is 4.79 Å². The summed E-state index contributed by atoms with van der Waals surface area (Å²) in [5, 5.41) is 13.8. The Balaban J connectivity index is 1.39. The molecule has 0 spiro atoms. The van der Waals surface area contributed by atoms with Crippen molar-refractivity contribution in [2.24, 2.45) is 5.41 Å². The van der Waals surface area contributed by atoms with E-state index in [1.165, 1.54) is 4.90 Å². The third-order valence-corrected chi connectivity index (χ3v) is 7.07. The Kier molecular flexibility index (Phi) is 6.98. The average molecular weight is 528 g/mol. The highest BCUT2D eigenvalue weighted by Gasteiger charge is 2.49. The molecule has 9 nitrogen and oxygen atoms in total. The number of halogens is 3. The first-order valence-corrected chi connectivity index (χ1v) is 12.0. The Morgan fingerprint density at radius 3 is 2.38 bits per heavy atom. The van der Waals surface area contributed by atoms with E-state index in [1.54, 1.807) is 23.2 Å². The number of carboxylic acid groups (broad SMARTS) is 1. The second kappa shape index (κ2) is 9.64. The Hall–Kier alpha value is -2.49. The van der Waals surface area contributed by atoms with Crippen LogP contribution in [0.25, 0.3) is 0 Å². The lowest BCUT2D eigenvalue weighted by Crippen LogP contribution is -2.65. The number of rotatable bonds is 5. The topological polar surface area (TPSA) is 102 Å². The number of benzene rings is 1. The van der Waals surface area contributed by atoms with E-state index in [2.05, 4.69) is 15.3 Å². The zero-order valence-corrected chi connectivity index (χ0v) is 21.0. The van der Waals surface area contributed by atoms with Gasteiger partial charge in [-0.25, -0.2) is 9.78 Å². The molecule has 1 aromatic carbocycles. The summed E-state index contributed by atoms with van der Waals surface area (Å²) in [6.07, 6.45) is 0.558. The Morgan fingerprint density at radius 1 is 1.09 bits per heavy atom. The van der Waals surface area contributed by atoms with Crippen molar-refractivity contribution in [1.29, 1.82) is 0 Å². The van der Waals surface area contributed by atoms with Crippen LogP contribution in [0.3, 0.4) is 0 Å².